The van der Waals surface area contributed by atoms with Gasteiger partial charge in [-0.3, -0.25) is 4.55 Å². The van der Waals surface area contributed by atoms with Gasteiger partial charge in [-0.25, -0.2) is 0 Å². The Morgan fingerprint density at radius 1 is 0.759 bits per heavy atom. The Balaban J connectivity index is 2.63. The Labute approximate surface area is 186 Å². The van der Waals surface area contributed by atoms with Gasteiger partial charge in [-0.15, -0.1) is 0 Å². The molecule has 0 heterocycles. The highest BCUT2D eigenvalue weighted by Gasteiger charge is 2.52. The van der Waals surface area contributed by atoms with E-state index in [4.69, 9.17) is 46.4 Å². The van der Waals surface area contributed by atoms with Gasteiger partial charge in [0.2, 0.25) is 0 Å². The number of phenolic OH excluding ortho intramolecular Hbond substituents is 2. The van der Waals surface area contributed by atoms with Gasteiger partial charge in [0, 0.05) is 21.2 Å². The molecule has 5 nitrogen and oxygen atoms in total. The summed E-state index contributed by atoms with van der Waals surface area (Å²) in [5, 5.41) is 20.6. The Morgan fingerprint density at radius 3 is 2.00 bits per heavy atom. The highest BCUT2D eigenvalue weighted by molar-refractivity contribution is 7.87. The predicted molar refractivity (Wildman–Crippen MR) is 114 cm³/mol. The van der Waals surface area contributed by atoms with E-state index >= 15 is 0 Å². The number of para-hydroxylation sites is 1. The summed E-state index contributed by atoms with van der Waals surface area (Å²) in [6.07, 6.45) is 0. The lowest BCUT2D eigenvalue weighted by Gasteiger charge is -2.34. The summed E-state index contributed by atoms with van der Waals surface area (Å²) in [6, 6.07) is 11.7. The molecule has 0 radical (unpaired) electrons. The molecule has 0 saturated carbocycles. The van der Waals surface area contributed by atoms with E-state index in [-0.39, 0.29) is 36.8 Å². The van der Waals surface area contributed by atoms with Crippen molar-refractivity contribution in [1.29, 1.82) is 0 Å². The van der Waals surface area contributed by atoms with E-state index in [1.54, 1.807) is 0 Å². The monoisotopic (exact) mass is 492 g/mol. The maximum Gasteiger partial charge on any atom is 0.283 e. The Hall–Kier alpha value is -1.67. The lowest BCUT2D eigenvalue weighted by atomic mass is 9.83. The maximum atomic E-state index is 13.0. The molecule has 0 spiro atoms. The van der Waals surface area contributed by atoms with Crippen LogP contribution in [0.2, 0.25) is 20.1 Å². The summed E-state index contributed by atoms with van der Waals surface area (Å²) in [5.74, 6) is -1.37. The molecule has 0 aliphatic heterocycles. The molecule has 0 fully saturated rings. The first-order valence-electron chi connectivity index (χ1n) is 7.89. The third kappa shape index (κ3) is 3.65. The summed E-state index contributed by atoms with van der Waals surface area (Å²) in [5.41, 5.74) is -0.601. The van der Waals surface area contributed by atoms with Crippen molar-refractivity contribution in [3.8, 4) is 11.5 Å². The van der Waals surface area contributed by atoms with Crippen LogP contribution >= 0.6 is 46.4 Å². The van der Waals surface area contributed by atoms with Crippen molar-refractivity contribution in [2.45, 2.75) is 4.75 Å². The first-order valence-corrected chi connectivity index (χ1v) is 10.8. The van der Waals surface area contributed by atoms with Crippen LogP contribution < -0.4 is 0 Å². The third-order valence-electron chi connectivity index (χ3n) is 4.40. The van der Waals surface area contributed by atoms with Crippen LogP contribution in [0.3, 0.4) is 0 Å². The van der Waals surface area contributed by atoms with E-state index < -0.39 is 26.4 Å². The number of hydrogen-bond acceptors (Lipinski definition) is 4. The van der Waals surface area contributed by atoms with Gasteiger partial charge in [-0.2, -0.15) is 8.42 Å². The lowest BCUT2D eigenvalue weighted by molar-refractivity contribution is 0.393. The van der Waals surface area contributed by atoms with Gasteiger partial charge < -0.3 is 10.2 Å². The highest BCUT2D eigenvalue weighted by Crippen LogP contribution is 2.52. The smallest absolute Gasteiger partial charge is 0.283 e. The van der Waals surface area contributed by atoms with Crippen LogP contribution in [0.4, 0.5) is 0 Å². The van der Waals surface area contributed by atoms with Gasteiger partial charge >= 0.3 is 0 Å². The summed E-state index contributed by atoms with van der Waals surface area (Å²) < 4.78 is 33.9. The minimum absolute atomic E-state index is 0.0410. The molecule has 0 amide bonds. The molecule has 0 aromatic heterocycles. The first-order chi connectivity index (χ1) is 13.5. The molecule has 29 heavy (non-hydrogen) atoms. The van der Waals surface area contributed by atoms with Crippen LogP contribution in [-0.4, -0.2) is 23.2 Å². The fraction of sp³-hybridized carbons (Fsp3) is 0.0526. The lowest BCUT2D eigenvalue weighted by Crippen LogP contribution is -2.38. The average Bonchev–Trinajstić information content (AvgIpc) is 2.62. The quantitative estimate of drug-likeness (QED) is 0.182. The van der Waals surface area contributed by atoms with Crippen LogP contribution in [0, 0.1) is 0 Å². The molecule has 1 unspecified atom stereocenters. The normalized spacial score (nSPS) is 13.8. The minimum atomic E-state index is -5.11. The standard InChI is InChI=1S/C19H12Cl4O5S/c20-11-4-1-3-10(7-11)19(29(26,27)28,12-5-2-6-17(24)18(12)25)13-8-15(22)16(23)9-14(13)21/h1-9,24-25H,(H,26,27,28). The van der Waals surface area contributed by atoms with E-state index in [1.165, 1.54) is 48.5 Å². The van der Waals surface area contributed by atoms with Gasteiger partial charge in [0.1, 0.15) is 0 Å². The highest BCUT2D eigenvalue weighted by atomic mass is 35.5. The van der Waals surface area contributed by atoms with Crippen molar-refractivity contribution in [2.75, 3.05) is 0 Å². The Kier molecular flexibility index (Phi) is 5.98. The second-order valence-corrected chi connectivity index (χ2v) is 9.31. The van der Waals surface area contributed by atoms with Crippen molar-refractivity contribution in [2.24, 2.45) is 0 Å². The zero-order valence-corrected chi connectivity index (χ0v) is 18.1. The molecular weight excluding hydrogens is 482 g/mol. The number of benzene rings is 3. The van der Waals surface area contributed by atoms with E-state index in [1.807, 2.05) is 0 Å². The largest absolute Gasteiger partial charge is 0.504 e. The van der Waals surface area contributed by atoms with Gasteiger partial charge in [0.25, 0.3) is 10.1 Å². The van der Waals surface area contributed by atoms with Crippen LogP contribution in [0.1, 0.15) is 16.7 Å². The molecule has 10 heteroatoms. The third-order valence-corrected chi connectivity index (χ3v) is 7.12. The number of hydrogen-bond donors (Lipinski definition) is 3. The van der Waals surface area contributed by atoms with Crippen molar-refractivity contribution in [1.82, 2.24) is 0 Å². The van der Waals surface area contributed by atoms with E-state index in [0.717, 1.165) is 6.07 Å². The number of phenols is 2. The van der Waals surface area contributed by atoms with Crippen molar-refractivity contribution >= 4 is 56.5 Å². The van der Waals surface area contributed by atoms with Gasteiger partial charge in [-0.05, 0) is 35.9 Å². The van der Waals surface area contributed by atoms with E-state index in [9.17, 15) is 23.2 Å². The summed E-state index contributed by atoms with van der Waals surface area (Å²) >= 11 is 24.5. The average molecular weight is 494 g/mol. The molecule has 0 aliphatic rings. The zero-order chi connectivity index (χ0) is 21.6. The van der Waals surface area contributed by atoms with Gasteiger partial charge in [0.05, 0.1) is 10.0 Å². The van der Waals surface area contributed by atoms with Gasteiger partial charge in [0.15, 0.2) is 16.2 Å². The number of halogens is 4. The summed E-state index contributed by atoms with van der Waals surface area (Å²) in [6.45, 7) is 0. The molecule has 0 aliphatic carbocycles. The van der Waals surface area contributed by atoms with Gasteiger partial charge in [-0.1, -0.05) is 70.7 Å². The maximum absolute atomic E-state index is 13.0. The van der Waals surface area contributed by atoms with Crippen molar-refractivity contribution < 1.29 is 23.2 Å². The Bertz CT molecular complexity index is 1210. The fourth-order valence-corrected chi connectivity index (χ4v) is 5.45. The number of rotatable bonds is 4. The van der Waals surface area contributed by atoms with Crippen molar-refractivity contribution in [3.05, 3.63) is 91.4 Å². The molecular formula is C19H12Cl4O5S. The Morgan fingerprint density at radius 2 is 1.38 bits per heavy atom. The topological polar surface area (TPSA) is 94.8 Å². The summed E-state index contributed by atoms with van der Waals surface area (Å²) in [4.78, 5) is 0. The summed E-state index contributed by atoms with van der Waals surface area (Å²) in [7, 11) is -5.11. The molecule has 0 saturated heterocycles. The van der Waals surface area contributed by atoms with Crippen LogP contribution in [0.15, 0.2) is 54.6 Å². The second kappa shape index (κ2) is 7.87. The van der Waals surface area contributed by atoms with Crippen LogP contribution in [0.25, 0.3) is 0 Å². The minimum Gasteiger partial charge on any atom is -0.504 e. The van der Waals surface area contributed by atoms with E-state index in [0.29, 0.717) is 0 Å². The first kappa shape index (κ1) is 22.0. The van der Waals surface area contributed by atoms with E-state index in [2.05, 4.69) is 0 Å². The molecule has 1 atom stereocenters. The fourth-order valence-electron chi connectivity index (χ4n) is 3.20. The predicted octanol–water partition coefficient (Wildman–Crippen LogP) is 5.89. The van der Waals surface area contributed by atoms with Crippen molar-refractivity contribution in [3.63, 3.8) is 0 Å². The molecule has 0 bridgehead atoms. The molecule has 3 aromatic rings. The molecule has 152 valence electrons. The van der Waals surface area contributed by atoms with Crippen LogP contribution in [0.5, 0.6) is 11.5 Å². The van der Waals surface area contributed by atoms with Crippen LogP contribution in [-0.2, 0) is 14.9 Å². The second-order valence-electron chi connectivity index (χ2n) is 6.09. The zero-order valence-electron chi connectivity index (χ0n) is 14.3. The molecule has 3 N–H and O–H groups in total. The number of aromatic hydroxyl groups is 2. The molecule has 3 aromatic carbocycles. The SMILES string of the molecule is O=S(=O)(O)C(c1cccc(Cl)c1)(c1cc(Cl)c(Cl)cc1Cl)c1cccc(O)c1O. The molecule has 3 rings (SSSR count).